The fourth-order valence-corrected chi connectivity index (χ4v) is 1.82. The lowest BCUT2D eigenvalue weighted by molar-refractivity contribution is -0.114. The first kappa shape index (κ1) is 13.0. The summed E-state index contributed by atoms with van der Waals surface area (Å²) in [4.78, 5) is 10.9. The molecule has 0 spiro atoms. The van der Waals surface area contributed by atoms with E-state index in [9.17, 15) is 9.90 Å². The molecule has 0 aliphatic rings. The third-order valence-electron chi connectivity index (χ3n) is 2.26. The molecule has 88 valence electrons. The van der Waals surface area contributed by atoms with Crippen LogP contribution >= 0.6 is 11.6 Å². The van der Waals surface area contributed by atoms with Crippen molar-refractivity contribution < 1.29 is 9.90 Å². The lowest BCUT2D eigenvalue weighted by atomic mass is 10.0. The molecule has 0 aliphatic heterocycles. The molecule has 1 aromatic carbocycles. The first-order valence-electron chi connectivity index (χ1n) is 5.30. The minimum atomic E-state index is -0.578. The molecular weight excluding hydrogens is 226 g/mol. The number of aliphatic hydroxyl groups is 1. The van der Waals surface area contributed by atoms with Crippen LogP contribution in [-0.4, -0.2) is 11.0 Å². The van der Waals surface area contributed by atoms with Crippen molar-refractivity contribution in [3.05, 3.63) is 28.8 Å². The summed E-state index contributed by atoms with van der Waals surface area (Å²) in [6.45, 7) is 3.42. The number of aliphatic hydroxyl groups excluding tert-OH is 1. The Bertz CT molecular complexity index is 379. The molecule has 0 aliphatic carbocycles. The van der Waals surface area contributed by atoms with Crippen molar-refractivity contribution in [3.63, 3.8) is 0 Å². The van der Waals surface area contributed by atoms with Crippen LogP contribution in [0.2, 0.25) is 5.02 Å². The molecule has 3 nitrogen and oxygen atoms in total. The van der Waals surface area contributed by atoms with Gasteiger partial charge in [-0.25, -0.2) is 0 Å². The van der Waals surface area contributed by atoms with E-state index in [0.29, 0.717) is 22.7 Å². The van der Waals surface area contributed by atoms with E-state index >= 15 is 0 Å². The van der Waals surface area contributed by atoms with Crippen molar-refractivity contribution in [2.24, 2.45) is 0 Å². The molecule has 0 saturated carbocycles. The summed E-state index contributed by atoms with van der Waals surface area (Å²) in [7, 11) is 0. The van der Waals surface area contributed by atoms with E-state index in [1.165, 1.54) is 6.92 Å². The predicted molar refractivity (Wildman–Crippen MR) is 65.6 cm³/mol. The Hall–Kier alpha value is -1.06. The lowest BCUT2D eigenvalue weighted by Crippen LogP contribution is -2.08. The molecule has 0 saturated heterocycles. The van der Waals surface area contributed by atoms with Gasteiger partial charge in [0.2, 0.25) is 5.91 Å². The van der Waals surface area contributed by atoms with Gasteiger partial charge in [-0.2, -0.15) is 0 Å². The summed E-state index contributed by atoms with van der Waals surface area (Å²) in [5, 5.41) is 12.9. The van der Waals surface area contributed by atoms with Crippen LogP contribution < -0.4 is 5.32 Å². The number of carbonyl (C=O) groups is 1. The lowest BCUT2D eigenvalue weighted by Gasteiger charge is -2.14. The highest BCUT2D eigenvalue weighted by molar-refractivity contribution is 6.34. The largest absolute Gasteiger partial charge is 0.388 e. The monoisotopic (exact) mass is 241 g/mol. The highest BCUT2D eigenvalue weighted by Gasteiger charge is 2.13. The molecule has 1 aromatic rings. The molecule has 0 unspecified atom stereocenters. The summed E-state index contributed by atoms with van der Waals surface area (Å²) in [6, 6.07) is 5.26. The smallest absolute Gasteiger partial charge is 0.221 e. The van der Waals surface area contributed by atoms with Crippen molar-refractivity contribution in [1.29, 1.82) is 0 Å². The zero-order valence-electron chi connectivity index (χ0n) is 9.46. The normalized spacial score (nSPS) is 12.2. The summed E-state index contributed by atoms with van der Waals surface area (Å²) < 4.78 is 0. The predicted octanol–water partition coefficient (Wildman–Crippen LogP) is 3.13. The maximum atomic E-state index is 10.9. The number of nitrogens with one attached hydrogen (secondary N) is 1. The highest BCUT2D eigenvalue weighted by atomic mass is 35.5. The third-order valence-corrected chi connectivity index (χ3v) is 2.68. The van der Waals surface area contributed by atoms with Crippen LogP contribution in [0.4, 0.5) is 5.69 Å². The fourth-order valence-electron chi connectivity index (χ4n) is 1.52. The van der Waals surface area contributed by atoms with E-state index in [2.05, 4.69) is 5.32 Å². The van der Waals surface area contributed by atoms with Crippen molar-refractivity contribution in [1.82, 2.24) is 0 Å². The standard InChI is InChI=1S/C12H16ClNO2/c1-3-5-11(16)9-6-4-7-10(12(9)13)14-8(2)15/h4,6-7,11,16H,3,5H2,1-2H3,(H,14,15)/t11-/m0/s1. The number of hydrogen-bond donors (Lipinski definition) is 2. The van der Waals surface area contributed by atoms with Crippen LogP contribution in [-0.2, 0) is 4.79 Å². The summed E-state index contributed by atoms with van der Waals surface area (Å²) in [5.74, 6) is -0.177. The summed E-state index contributed by atoms with van der Waals surface area (Å²) in [5.41, 5.74) is 1.21. The van der Waals surface area contributed by atoms with Crippen LogP contribution in [0.3, 0.4) is 0 Å². The molecule has 0 bridgehead atoms. The third kappa shape index (κ3) is 3.22. The van der Waals surface area contributed by atoms with Gasteiger partial charge in [-0.3, -0.25) is 4.79 Å². The van der Waals surface area contributed by atoms with Crippen molar-refractivity contribution in [2.75, 3.05) is 5.32 Å². The van der Waals surface area contributed by atoms with E-state index in [1.54, 1.807) is 18.2 Å². The van der Waals surface area contributed by atoms with E-state index < -0.39 is 6.10 Å². The second-order valence-corrected chi connectivity index (χ2v) is 4.07. The number of amides is 1. The first-order chi connectivity index (χ1) is 7.56. The minimum absolute atomic E-state index is 0.177. The van der Waals surface area contributed by atoms with Crippen LogP contribution in [0.15, 0.2) is 18.2 Å². The van der Waals surface area contributed by atoms with Gasteiger partial charge in [-0.1, -0.05) is 37.1 Å². The number of hydrogen-bond acceptors (Lipinski definition) is 2. The Balaban J connectivity index is 2.98. The Morgan fingerprint density at radius 3 is 2.81 bits per heavy atom. The second-order valence-electron chi connectivity index (χ2n) is 3.69. The molecular formula is C12H16ClNO2. The van der Waals surface area contributed by atoms with E-state index in [-0.39, 0.29) is 5.91 Å². The molecule has 16 heavy (non-hydrogen) atoms. The number of benzene rings is 1. The zero-order valence-corrected chi connectivity index (χ0v) is 10.2. The van der Waals surface area contributed by atoms with Crippen LogP contribution in [0.5, 0.6) is 0 Å². The van der Waals surface area contributed by atoms with Gasteiger partial charge in [0, 0.05) is 12.5 Å². The molecule has 0 radical (unpaired) electrons. The molecule has 1 amide bonds. The van der Waals surface area contributed by atoms with Crippen molar-refractivity contribution in [2.45, 2.75) is 32.8 Å². The molecule has 2 N–H and O–H groups in total. The zero-order chi connectivity index (χ0) is 12.1. The highest BCUT2D eigenvalue weighted by Crippen LogP contribution is 2.31. The molecule has 0 aromatic heterocycles. The van der Waals surface area contributed by atoms with Gasteiger partial charge in [0.05, 0.1) is 16.8 Å². The molecule has 4 heteroatoms. The maximum absolute atomic E-state index is 10.9. The number of carbonyl (C=O) groups excluding carboxylic acids is 1. The fraction of sp³-hybridized carbons (Fsp3) is 0.417. The first-order valence-corrected chi connectivity index (χ1v) is 5.68. The Morgan fingerprint density at radius 1 is 1.56 bits per heavy atom. The number of anilines is 1. The van der Waals surface area contributed by atoms with E-state index in [1.807, 2.05) is 6.92 Å². The molecule has 0 heterocycles. The van der Waals surface area contributed by atoms with Crippen LogP contribution in [0, 0.1) is 0 Å². The second kappa shape index (κ2) is 5.87. The van der Waals surface area contributed by atoms with Crippen molar-refractivity contribution >= 4 is 23.2 Å². The topological polar surface area (TPSA) is 49.3 Å². The molecule has 0 fully saturated rings. The summed E-state index contributed by atoms with van der Waals surface area (Å²) in [6.07, 6.45) is 0.955. The van der Waals surface area contributed by atoms with Gasteiger partial charge in [-0.05, 0) is 12.5 Å². The van der Waals surface area contributed by atoms with Gasteiger partial charge in [0.15, 0.2) is 0 Å². The van der Waals surface area contributed by atoms with Gasteiger partial charge < -0.3 is 10.4 Å². The summed E-state index contributed by atoms with van der Waals surface area (Å²) >= 11 is 6.11. The maximum Gasteiger partial charge on any atom is 0.221 e. The van der Waals surface area contributed by atoms with Gasteiger partial charge in [0.1, 0.15) is 0 Å². The van der Waals surface area contributed by atoms with Crippen molar-refractivity contribution in [3.8, 4) is 0 Å². The average molecular weight is 242 g/mol. The average Bonchev–Trinajstić information content (AvgIpc) is 2.21. The van der Waals surface area contributed by atoms with Gasteiger partial charge in [0.25, 0.3) is 0 Å². The number of halogens is 1. The molecule has 1 atom stereocenters. The minimum Gasteiger partial charge on any atom is -0.388 e. The Morgan fingerprint density at radius 2 is 2.25 bits per heavy atom. The Kier molecular flexibility index (Phi) is 4.77. The van der Waals surface area contributed by atoms with Crippen LogP contribution in [0.1, 0.15) is 38.4 Å². The van der Waals surface area contributed by atoms with Gasteiger partial charge in [-0.15, -0.1) is 0 Å². The SMILES string of the molecule is CCC[C@H](O)c1cccc(NC(C)=O)c1Cl. The van der Waals surface area contributed by atoms with E-state index in [0.717, 1.165) is 6.42 Å². The molecule has 1 rings (SSSR count). The van der Waals surface area contributed by atoms with Gasteiger partial charge >= 0.3 is 0 Å². The van der Waals surface area contributed by atoms with Crippen LogP contribution in [0.25, 0.3) is 0 Å². The number of rotatable bonds is 4. The quantitative estimate of drug-likeness (QED) is 0.851. The Labute approximate surface area is 100 Å². The van der Waals surface area contributed by atoms with E-state index in [4.69, 9.17) is 11.6 Å².